The molecule has 122 valence electrons. The summed E-state index contributed by atoms with van der Waals surface area (Å²) in [4.78, 5) is 16.7. The largest absolute Gasteiger partial charge is 0.355 e. The molecule has 2 N–H and O–H groups in total. The van der Waals surface area contributed by atoms with Crippen LogP contribution in [0, 0.1) is 5.92 Å². The second kappa shape index (κ2) is 7.74. The molecular formula is C16H27N5O. The van der Waals surface area contributed by atoms with Gasteiger partial charge in [-0.2, -0.15) is 5.10 Å². The number of piperidine rings is 1. The number of nitrogens with one attached hydrogen (secondary N) is 2. The number of hydrogen-bond donors (Lipinski definition) is 2. The van der Waals surface area contributed by atoms with E-state index in [1.54, 1.807) is 6.20 Å². The Bertz CT molecular complexity index is 447. The maximum Gasteiger partial charge on any atom is 0.234 e. The molecule has 0 unspecified atom stereocenters. The number of aromatic amines is 1. The number of carbonyl (C=O) groups excluding carboxylic acids is 1. The monoisotopic (exact) mass is 305 g/mol. The van der Waals surface area contributed by atoms with Crippen LogP contribution in [0.15, 0.2) is 12.3 Å². The molecule has 6 heteroatoms. The minimum atomic E-state index is 0.196. The van der Waals surface area contributed by atoms with Crippen LogP contribution in [-0.2, 0) is 11.3 Å². The number of nitrogens with zero attached hydrogens (tertiary/aromatic N) is 3. The van der Waals surface area contributed by atoms with Crippen LogP contribution in [0.5, 0.6) is 0 Å². The summed E-state index contributed by atoms with van der Waals surface area (Å²) in [5, 5.41) is 10.1. The van der Waals surface area contributed by atoms with Gasteiger partial charge in [0.15, 0.2) is 0 Å². The van der Waals surface area contributed by atoms with Crippen LogP contribution in [0.25, 0.3) is 0 Å². The van der Waals surface area contributed by atoms with Gasteiger partial charge in [-0.3, -0.25) is 19.7 Å². The summed E-state index contributed by atoms with van der Waals surface area (Å²) in [7, 11) is 0. The lowest BCUT2D eigenvalue weighted by Gasteiger charge is -2.31. The van der Waals surface area contributed by atoms with Crippen molar-refractivity contribution in [1.29, 1.82) is 0 Å². The van der Waals surface area contributed by atoms with Gasteiger partial charge in [-0.1, -0.05) is 0 Å². The van der Waals surface area contributed by atoms with Gasteiger partial charge in [0, 0.05) is 25.0 Å². The molecule has 0 aliphatic carbocycles. The Morgan fingerprint density at radius 3 is 2.68 bits per heavy atom. The third kappa shape index (κ3) is 4.55. The Balaban J connectivity index is 1.31. The Kier molecular flexibility index (Phi) is 5.45. The normalized spacial score (nSPS) is 21.3. The van der Waals surface area contributed by atoms with Gasteiger partial charge in [0.05, 0.1) is 6.54 Å². The molecule has 3 rings (SSSR count). The average Bonchev–Trinajstić information content (AvgIpc) is 3.20. The number of likely N-dealkylation sites (tertiary alicyclic amines) is 2. The van der Waals surface area contributed by atoms with Crippen LogP contribution in [0.4, 0.5) is 0 Å². The summed E-state index contributed by atoms with van der Waals surface area (Å²) in [6, 6.07) is 2.03. The molecule has 6 nitrogen and oxygen atoms in total. The Hall–Kier alpha value is -1.40. The summed E-state index contributed by atoms with van der Waals surface area (Å²) in [6.45, 7) is 6.74. The number of rotatable bonds is 6. The van der Waals surface area contributed by atoms with Gasteiger partial charge in [-0.05, 0) is 63.8 Å². The summed E-state index contributed by atoms with van der Waals surface area (Å²) in [5.41, 5.74) is 1.18. The fourth-order valence-corrected chi connectivity index (χ4v) is 3.42. The van der Waals surface area contributed by atoms with Crippen molar-refractivity contribution in [2.24, 2.45) is 5.92 Å². The van der Waals surface area contributed by atoms with E-state index in [9.17, 15) is 4.79 Å². The molecule has 1 aromatic heterocycles. The zero-order valence-corrected chi connectivity index (χ0v) is 13.3. The van der Waals surface area contributed by atoms with Crippen molar-refractivity contribution in [2.45, 2.75) is 32.2 Å². The van der Waals surface area contributed by atoms with Gasteiger partial charge in [0.2, 0.25) is 5.91 Å². The van der Waals surface area contributed by atoms with Crippen LogP contribution in [0.1, 0.15) is 31.4 Å². The molecule has 0 atom stereocenters. The van der Waals surface area contributed by atoms with Gasteiger partial charge >= 0.3 is 0 Å². The van der Waals surface area contributed by atoms with Crippen molar-refractivity contribution in [3.63, 3.8) is 0 Å². The van der Waals surface area contributed by atoms with Crippen molar-refractivity contribution in [2.75, 3.05) is 39.3 Å². The molecule has 2 aliphatic heterocycles. The van der Waals surface area contributed by atoms with Gasteiger partial charge < -0.3 is 5.32 Å². The van der Waals surface area contributed by atoms with Crippen molar-refractivity contribution in [3.8, 4) is 0 Å². The minimum absolute atomic E-state index is 0.196. The highest BCUT2D eigenvalue weighted by molar-refractivity contribution is 5.78. The van der Waals surface area contributed by atoms with E-state index in [4.69, 9.17) is 0 Å². The fraction of sp³-hybridized carbons (Fsp3) is 0.750. The van der Waals surface area contributed by atoms with Crippen molar-refractivity contribution in [1.82, 2.24) is 25.3 Å². The Morgan fingerprint density at radius 1 is 1.23 bits per heavy atom. The topological polar surface area (TPSA) is 64.3 Å². The molecule has 0 bridgehead atoms. The van der Waals surface area contributed by atoms with Gasteiger partial charge in [0.1, 0.15) is 0 Å². The van der Waals surface area contributed by atoms with E-state index in [1.165, 1.54) is 18.5 Å². The van der Waals surface area contributed by atoms with Crippen molar-refractivity contribution in [3.05, 3.63) is 18.0 Å². The molecule has 22 heavy (non-hydrogen) atoms. The van der Waals surface area contributed by atoms with Crippen molar-refractivity contribution < 1.29 is 4.79 Å². The number of aromatic nitrogens is 2. The highest BCUT2D eigenvalue weighted by Gasteiger charge is 2.21. The van der Waals surface area contributed by atoms with Gasteiger partial charge in [-0.15, -0.1) is 0 Å². The average molecular weight is 305 g/mol. The maximum absolute atomic E-state index is 11.9. The van der Waals surface area contributed by atoms with E-state index in [0.717, 1.165) is 52.1 Å². The van der Waals surface area contributed by atoms with Gasteiger partial charge in [0.25, 0.3) is 0 Å². The van der Waals surface area contributed by atoms with E-state index in [1.807, 2.05) is 6.07 Å². The predicted octanol–water partition coefficient (Wildman–Crippen LogP) is 0.834. The second-order valence-corrected chi connectivity index (χ2v) is 6.59. The smallest absolute Gasteiger partial charge is 0.234 e. The lowest BCUT2D eigenvalue weighted by atomic mass is 9.96. The molecule has 1 amide bonds. The molecule has 2 aliphatic rings. The van der Waals surface area contributed by atoms with Crippen LogP contribution < -0.4 is 5.32 Å². The number of amides is 1. The van der Waals surface area contributed by atoms with Crippen LogP contribution in [-0.4, -0.2) is 65.2 Å². The molecule has 0 saturated carbocycles. The highest BCUT2D eigenvalue weighted by atomic mass is 16.2. The van der Waals surface area contributed by atoms with E-state index < -0.39 is 0 Å². The van der Waals surface area contributed by atoms with E-state index >= 15 is 0 Å². The van der Waals surface area contributed by atoms with Crippen LogP contribution in [0.2, 0.25) is 0 Å². The first-order chi connectivity index (χ1) is 10.8. The number of H-pyrrole nitrogens is 1. The summed E-state index contributed by atoms with van der Waals surface area (Å²) in [5.74, 6) is 0.822. The second-order valence-electron chi connectivity index (χ2n) is 6.59. The number of hydrogen-bond acceptors (Lipinski definition) is 4. The van der Waals surface area contributed by atoms with Crippen LogP contribution >= 0.6 is 0 Å². The van der Waals surface area contributed by atoms with Crippen LogP contribution in [0.3, 0.4) is 0 Å². The molecular weight excluding hydrogens is 278 g/mol. The van der Waals surface area contributed by atoms with E-state index in [0.29, 0.717) is 12.5 Å². The van der Waals surface area contributed by atoms with E-state index in [-0.39, 0.29) is 5.91 Å². The number of carbonyl (C=O) groups is 1. The molecule has 0 radical (unpaired) electrons. The predicted molar refractivity (Wildman–Crippen MR) is 85.3 cm³/mol. The maximum atomic E-state index is 11.9. The summed E-state index contributed by atoms with van der Waals surface area (Å²) < 4.78 is 0. The Labute approximate surface area is 132 Å². The first-order valence-electron chi connectivity index (χ1n) is 8.49. The molecule has 3 heterocycles. The fourth-order valence-electron chi connectivity index (χ4n) is 3.42. The standard InChI is InChI=1S/C16H27N5O/c22-16(13-20-7-1-2-8-20)17-11-14-4-9-21(10-5-14)12-15-3-6-18-19-15/h3,6,14H,1-2,4-5,7-13H2,(H,17,22)(H,18,19). The first-order valence-corrected chi connectivity index (χ1v) is 8.49. The third-order valence-electron chi connectivity index (χ3n) is 4.81. The summed E-state index contributed by atoms with van der Waals surface area (Å²) in [6.07, 6.45) is 6.61. The highest BCUT2D eigenvalue weighted by Crippen LogP contribution is 2.17. The van der Waals surface area contributed by atoms with Gasteiger partial charge in [-0.25, -0.2) is 0 Å². The van der Waals surface area contributed by atoms with E-state index in [2.05, 4.69) is 25.3 Å². The third-order valence-corrected chi connectivity index (χ3v) is 4.81. The molecule has 2 saturated heterocycles. The molecule has 0 spiro atoms. The minimum Gasteiger partial charge on any atom is -0.355 e. The zero-order chi connectivity index (χ0) is 15.2. The quantitative estimate of drug-likeness (QED) is 0.817. The SMILES string of the molecule is O=C(CN1CCCC1)NCC1CCN(Cc2ccn[nH]2)CC1. The summed E-state index contributed by atoms with van der Waals surface area (Å²) >= 11 is 0. The zero-order valence-electron chi connectivity index (χ0n) is 13.3. The lowest BCUT2D eigenvalue weighted by Crippen LogP contribution is -2.41. The Morgan fingerprint density at radius 2 is 2.00 bits per heavy atom. The molecule has 2 fully saturated rings. The lowest BCUT2D eigenvalue weighted by molar-refractivity contribution is -0.122. The first kappa shape index (κ1) is 15.5. The van der Waals surface area contributed by atoms with Crippen molar-refractivity contribution >= 4 is 5.91 Å². The molecule has 1 aromatic rings. The molecule has 0 aromatic carbocycles.